The molecule has 1 fully saturated rings. The molecular weight excluding hydrogens is 268 g/mol. The Balaban J connectivity index is 1.88. The van der Waals surface area contributed by atoms with Gasteiger partial charge < -0.3 is 14.9 Å². The van der Waals surface area contributed by atoms with Gasteiger partial charge in [0.25, 0.3) is 0 Å². The van der Waals surface area contributed by atoms with E-state index in [1.807, 2.05) is 31.2 Å². The maximum Gasteiger partial charge on any atom is 0.224 e. The van der Waals surface area contributed by atoms with E-state index in [0.717, 1.165) is 18.7 Å². The summed E-state index contributed by atoms with van der Waals surface area (Å²) in [7, 11) is 0. The van der Waals surface area contributed by atoms with E-state index in [1.165, 1.54) is 0 Å². The number of nitrogens with two attached hydrogens (primary N) is 1. The molecule has 2 aromatic rings. The standard InChI is InChI=1S/C15H18N4O2/c1-2-20-11-5-3-4-6-12(11)21-14-9-13(19-16)17-15(18-14)10-7-8-10/h3-6,9-10H,2,7-8,16H2,1H3,(H,17,18,19). The second kappa shape index (κ2) is 5.97. The van der Waals surface area contributed by atoms with Crippen molar-refractivity contribution in [2.24, 2.45) is 5.84 Å². The Hall–Kier alpha value is -2.34. The summed E-state index contributed by atoms with van der Waals surface area (Å²) in [6.07, 6.45) is 2.23. The Morgan fingerprint density at radius 3 is 2.67 bits per heavy atom. The van der Waals surface area contributed by atoms with Crippen LogP contribution in [0.5, 0.6) is 17.4 Å². The smallest absolute Gasteiger partial charge is 0.224 e. The summed E-state index contributed by atoms with van der Waals surface area (Å²) < 4.78 is 11.4. The Kier molecular flexibility index (Phi) is 3.87. The van der Waals surface area contributed by atoms with E-state index >= 15 is 0 Å². The van der Waals surface area contributed by atoms with Crippen LogP contribution in [0.25, 0.3) is 0 Å². The molecule has 1 aromatic heterocycles. The fourth-order valence-corrected chi connectivity index (χ4v) is 2.02. The summed E-state index contributed by atoms with van der Waals surface area (Å²) in [6, 6.07) is 9.18. The number of nitrogens with one attached hydrogen (secondary N) is 1. The number of nitrogens with zero attached hydrogens (tertiary/aromatic N) is 2. The van der Waals surface area contributed by atoms with Gasteiger partial charge in [-0.25, -0.2) is 10.8 Å². The van der Waals surface area contributed by atoms with Gasteiger partial charge in [0, 0.05) is 12.0 Å². The molecule has 0 saturated heterocycles. The molecule has 0 unspecified atom stereocenters. The van der Waals surface area contributed by atoms with Crippen molar-refractivity contribution in [3.05, 3.63) is 36.2 Å². The summed E-state index contributed by atoms with van der Waals surface area (Å²) in [6.45, 7) is 2.51. The molecule has 3 rings (SSSR count). The van der Waals surface area contributed by atoms with Gasteiger partial charge in [0.15, 0.2) is 11.5 Å². The molecule has 0 amide bonds. The molecule has 3 N–H and O–H groups in total. The maximum atomic E-state index is 5.85. The van der Waals surface area contributed by atoms with Crippen LogP contribution in [-0.4, -0.2) is 16.6 Å². The molecule has 21 heavy (non-hydrogen) atoms. The Morgan fingerprint density at radius 1 is 1.24 bits per heavy atom. The predicted molar refractivity (Wildman–Crippen MR) is 79.5 cm³/mol. The zero-order valence-electron chi connectivity index (χ0n) is 11.9. The summed E-state index contributed by atoms with van der Waals surface area (Å²) >= 11 is 0. The van der Waals surface area contributed by atoms with Crippen LogP contribution in [0, 0.1) is 0 Å². The zero-order chi connectivity index (χ0) is 14.7. The number of ether oxygens (including phenoxy) is 2. The molecule has 1 aliphatic rings. The third-order valence-corrected chi connectivity index (χ3v) is 3.17. The highest BCUT2D eigenvalue weighted by molar-refractivity contribution is 5.44. The SMILES string of the molecule is CCOc1ccccc1Oc1cc(NN)nc(C2CC2)n1. The van der Waals surface area contributed by atoms with Crippen molar-refractivity contribution >= 4 is 5.82 Å². The number of para-hydroxylation sites is 2. The van der Waals surface area contributed by atoms with E-state index < -0.39 is 0 Å². The largest absolute Gasteiger partial charge is 0.490 e. The Morgan fingerprint density at radius 2 is 2.00 bits per heavy atom. The van der Waals surface area contributed by atoms with Gasteiger partial charge in [-0.2, -0.15) is 4.98 Å². The average Bonchev–Trinajstić information content (AvgIpc) is 3.34. The van der Waals surface area contributed by atoms with E-state index in [2.05, 4.69) is 15.4 Å². The normalized spacial score (nSPS) is 13.8. The van der Waals surface area contributed by atoms with Gasteiger partial charge in [0.2, 0.25) is 5.88 Å². The second-order valence-corrected chi connectivity index (χ2v) is 4.85. The topological polar surface area (TPSA) is 82.3 Å². The van der Waals surface area contributed by atoms with Crippen LogP contribution in [0.15, 0.2) is 30.3 Å². The minimum Gasteiger partial charge on any atom is -0.490 e. The molecule has 0 aliphatic heterocycles. The molecule has 6 heteroatoms. The number of hydrazine groups is 1. The number of aromatic nitrogens is 2. The highest BCUT2D eigenvalue weighted by Gasteiger charge is 2.27. The highest BCUT2D eigenvalue weighted by Crippen LogP contribution is 2.39. The third kappa shape index (κ3) is 3.22. The van der Waals surface area contributed by atoms with Crippen molar-refractivity contribution in [1.82, 2.24) is 9.97 Å². The van der Waals surface area contributed by atoms with E-state index in [4.69, 9.17) is 15.3 Å². The quantitative estimate of drug-likeness (QED) is 0.627. The first-order valence-corrected chi connectivity index (χ1v) is 7.05. The summed E-state index contributed by atoms with van der Waals surface area (Å²) in [5.41, 5.74) is 2.55. The van der Waals surface area contributed by atoms with Crippen molar-refractivity contribution in [3.8, 4) is 17.4 Å². The molecule has 110 valence electrons. The number of nitrogen functional groups attached to an aromatic ring is 1. The van der Waals surface area contributed by atoms with Crippen LogP contribution in [0.2, 0.25) is 0 Å². The predicted octanol–water partition coefficient (Wildman–Crippen LogP) is 2.83. The van der Waals surface area contributed by atoms with Crippen LogP contribution < -0.4 is 20.7 Å². The molecule has 1 aromatic carbocycles. The number of benzene rings is 1. The monoisotopic (exact) mass is 286 g/mol. The molecule has 1 aliphatic carbocycles. The van der Waals surface area contributed by atoms with Crippen molar-refractivity contribution < 1.29 is 9.47 Å². The lowest BCUT2D eigenvalue weighted by Crippen LogP contribution is -2.10. The van der Waals surface area contributed by atoms with Gasteiger partial charge in [-0.05, 0) is 31.9 Å². The minimum absolute atomic E-state index is 0.419. The van der Waals surface area contributed by atoms with Crippen molar-refractivity contribution in [2.45, 2.75) is 25.7 Å². The zero-order valence-corrected chi connectivity index (χ0v) is 11.9. The average molecular weight is 286 g/mol. The van der Waals surface area contributed by atoms with E-state index in [9.17, 15) is 0 Å². The van der Waals surface area contributed by atoms with Crippen LogP contribution in [0.4, 0.5) is 5.82 Å². The number of anilines is 1. The molecule has 0 spiro atoms. The highest BCUT2D eigenvalue weighted by atomic mass is 16.5. The van der Waals surface area contributed by atoms with E-state index in [0.29, 0.717) is 35.7 Å². The van der Waals surface area contributed by atoms with Crippen LogP contribution in [0.3, 0.4) is 0 Å². The van der Waals surface area contributed by atoms with E-state index in [-0.39, 0.29) is 0 Å². The Labute approximate surface area is 123 Å². The van der Waals surface area contributed by atoms with Crippen LogP contribution in [0.1, 0.15) is 31.5 Å². The van der Waals surface area contributed by atoms with Gasteiger partial charge in [-0.15, -0.1) is 0 Å². The Bertz CT molecular complexity index is 629. The van der Waals surface area contributed by atoms with E-state index in [1.54, 1.807) is 6.07 Å². The van der Waals surface area contributed by atoms with Gasteiger partial charge >= 0.3 is 0 Å². The molecule has 0 atom stereocenters. The summed E-state index contributed by atoms with van der Waals surface area (Å²) in [4.78, 5) is 8.81. The lowest BCUT2D eigenvalue weighted by atomic mass is 10.3. The van der Waals surface area contributed by atoms with Gasteiger partial charge in [-0.1, -0.05) is 12.1 Å². The molecule has 0 bridgehead atoms. The molecule has 6 nitrogen and oxygen atoms in total. The van der Waals surface area contributed by atoms with Gasteiger partial charge in [-0.3, -0.25) is 0 Å². The van der Waals surface area contributed by atoms with Crippen molar-refractivity contribution in [1.29, 1.82) is 0 Å². The van der Waals surface area contributed by atoms with Gasteiger partial charge in [0.05, 0.1) is 6.61 Å². The number of rotatable bonds is 6. The fraction of sp³-hybridized carbons (Fsp3) is 0.333. The fourth-order valence-electron chi connectivity index (χ4n) is 2.02. The maximum absolute atomic E-state index is 5.85. The lowest BCUT2D eigenvalue weighted by molar-refractivity contribution is 0.319. The van der Waals surface area contributed by atoms with Crippen molar-refractivity contribution in [2.75, 3.05) is 12.0 Å². The van der Waals surface area contributed by atoms with Crippen molar-refractivity contribution in [3.63, 3.8) is 0 Å². The first-order chi connectivity index (χ1) is 10.3. The first kappa shape index (κ1) is 13.6. The third-order valence-electron chi connectivity index (χ3n) is 3.17. The first-order valence-electron chi connectivity index (χ1n) is 7.05. The molecule has 0 radical (unpaired) electrons. The number of hydrogen-bond donors (Lipinski definition) is 2. The molecule has 1 saturated carbocycles. The summed E-state index contributed by atoms with van der Waals surface area (Å²) in [5, 5.41) is 0. The summed E-state index contributed by atoms with van der Waals surface area (Å²) in [5.74, 6) is 8.98. The van der Waals surface area contributed by atoms with Crippen LogP contribution in [-0.2, 0) is 0 Å². The number of hydrogen-bond acceptors (Lipinski definition) is 6. The van der Waals surface area contributed by atoms with Gasteiger partial charge in [0.1, 0.15) is 11.6 Å². The lowest BCUT2D eigenvalue weighted by Gasteiger charge is -2.12. The van der Waals surface area contributed by atoms with Crippen LogP contribution >= 0.6 is 0 Å². The molecule has 1 heterocycles. The minimum atomic E-state index is 0.419. The molecular formula is C15H18N4O2. The second-order valence-electron chi connectivity index (χ2n) is 4.85.